The number of benzene rings is 2. The fraction of sp³-hybridized carbons (Fsp3) is 0.438. The van der Waals surface area contributed by atoms with Crippen molar-refractivity contribution in [3.05, 3.63) is 73.6 Å². The molecule has 0 atom stereocenters. The highest BCUT2D eigenvalue weighted by Gasteiger charge is 2.40. The van der Waals surface area contributed by atoms with Gasteiger partial charge in [0.2, 0.25) is 0 Å². The molecule has 2 aliphatic rings. The van der Waals surface area contributed by atoms with Crippen molar-refractivity contribution in [3.8, 4) is 5.75 Å². The van der Waals surface area contributed by atoms with Gasteiger partial charge in [0.1, 0.15) is 17.3 Å². The van der Waals surface area contributed by atoms with Gasteiger partial charge in [-0.05, 0) is 120 Å². The summed E-state index contributed by atoms with van der Waals surface area (Å²) >= 11 is 3.43. The number of hydrogen-bond acceptors (Lipinski definition) is 6. The van der Waals surface area contributed by atoms with Crippen molar-refractivity contribution < 1.29 is 42.8 Å². The van der Waals surface area contributed by atoms with Gasteiger partial charge in [-0.3, -0.25) is 9.59 Å². The van der Waals surface area contributed by atoms with Crippen LogP contribution in [0.15, 0.2) is 40.3 Å². The topological polar surface area (TPSA) is 128 Å². The van der Waals surface area contributed by atoms with Gasteiger partial charge in [-0.15, -0.1) is 0 Å². The number of hydrogen-bond donors (Lipinski definition) is 5. The summed E-state index contributed by atoms with van der Waals surface area (Å²) in [6.07, 6.45) is -4.42. The number of carbonyl (C=O) groups is 2. The SMILES string of the molecule is CCO.Cc1cc(Br)cc(C)c1C1=C(O)C(C)(C)NC1=O.Cc1cc(OCC(F)(F)F)cc(C)c1C1=C(O)C(C)(C)NC1=O. The van der Waals surface area contributed by atoms with Crippen molar-refractivity contribution in [2.24, 2.45) is 0 Å². The Balaban J connectivity index is 0.000000288. The highest BCUT2D eigenvalue weighted by molar-refractivity contribution is 9.10. The molecule has 0 spiro atoms. The minimum Gasteiger partial charge on any atom is -0.509 e. The Labute approximate surface area is 264 Å². The summed E-state index contributed by atoms with van der Waals surface area (Å²) in [7, 11) is 0. The highest BCUT2D eigenvalue weighted by Crippen LogP contribution is 2.37. The molecule has 0 unspecified atom stereocenters. The van der Waals surface area contributed by atoms with Gasteiger partial charge in [0.15, 0.2) is 6.61 Å². The molecular formula is C32H40BrF3N2O6. The molecular weight excluding hydrogens is 645 g/mol. The molecule has 242 valence electrons. The number of carbonyl (C=O) groups excluding carboxylic acids is 2. The maximum absolute atomic E-state index is 12.2. The van der Waals surface area contributed by atoms with E-state index in [1.54, 1.807) is 48.5 Å². The summed E-state index contributed by atoms with van der Waals surface area (Å²) in [4.78, 5) is 24.2. The van der Waals surface area contributed by atoms with Crippen LogP contribution in [0.1, 0.15) is 68.0 Å². The van der Waals surface area contributed by atoms with E-state index in [1.165, 1.54) is 12.1 Å². The zero-order valence-corrected chi connectivity index (χ0v) is 27.9. The van der Waals surface area contributed by atoms with Crippen molar-refractivity contribution in [2.75, 3.05) is 13.2 Å². The van der Waals surface area contributed by atoms with Gasteiger partial charge in [0.25, 0.3) is 11.8 Å². The molecule has 0 radical (unpaired) electrons. The van der Waals surface area contributed by atoms with Crippen LogP contribution in [0.3, 0.4) is 0 Å². The van der Waals surface area contributed by atoms with Crippen LogP contribution < -0.4 is 15.4 Å². The molecule has 8 nitrogen and oxygen atoms in total. The Morgan fingerprint density at radius 3 is 1.36 bits per heavy atom. The van der Waals surface area contributed by atoms with Crippen LogP contribution in [0.25, 0.3) is 11.1 Å². The van der Waals surface area contributed by atoms with E-state index in [-0.39, 0.29) is 35.4 Å². The minimum atomic E-state index is -4.42. The summed E-state index contributed by atoms with van der Waals surface area (Å²) in [5.74, 6) is -0.536. The van der Waals surface area contributed by atoms with Crippen LogP contribution in [0, 0.1) is 27.7 Å². The van der Waals surface area contributed by atoms with Crippen LogP contribution in [0.4, 0.5) is 13.2 Å². The summed E-state index contributed by atoms with van der Waals surface area (Å²) in [6.45, 7) is 14.6. The van der Waals surface area contributed by atoms with Crippen LogP contribution >= 0.6 is 15.9 Å². The molecule has 12 heteroatoms. The van der Waals surface area contributed by atoms with Crippen molar-refractivity contribution in [1.29, 1.82) is 0 Å². The number of aliphatic hydroxyl groups is 3. The Morgan fingerprint density at radius 1 is 0.773 bits per heavy atom. The molecule has 2 aromatic carbocycles. The lowest BCUT2D eigenvalue weighted by molar-refractivity contribution is -0.153. The van der Waals surface area contributed by atoms with E-state index in [0.29, 0.717) is 22.3 Å². The smallest absolute Gasteiger partial charge is 0.422 e. The monoisotopic (exact) mass is 684 g/mol. The highest BCUT2D eigenvalue weighted by atomic mass is 79.9. The zero-order chi connectivity index (χ0) is 33.9. The lowest BCUT2D eigenvalue weighted by Crippen LogP contribution is -2.38. The van der Waals surface area contributed by atoms with E-state index in [4.69, 9.17) is 9.84 Å². The first-order valence-corrected chi connectivity index (χ1v) is 14.6. The third kappa shape index (κ3) is 8.35. The number of aryl methyl sites for hydroxylation is 4. The average molecular weight is 686 g/mol. The molecule has 5 N–H and O–H groups in total. The zero-order valence-electron chi connectivity index (χ0n) is 26.3. The Hall–Kier alpha value is -3.51. The van der Waals surface area contributed by atoms with Crippen molar-refractivity contribution in [2.45, 2.75) is 79.6 Å². The van der Waals surface area contributed by atoms with E-state index < -0.39 is 29.8 Å². The predicted octanol–water partition coefficient (Wildman–Crippen LogP) is 6.66. The average Bonchev–Trinajstić information content (AvgIpc) is 3.18. The maximum atomic E-state index is 12.2. The normalized spacial score (nSPS) is 17.0. The van der Waals surface area contributed by atoms with Gasteiger partial charge in [0.05, 0.1) is 22.2 Å². The largest absolute Gasteiger partial charge is 0.509 e. The Morgan fingerprint density at radius 2 is 1.09 bits per heavy atom. The number of amides is 2. The summed E-state index contributed by atoms with van der Waals surface area (Å²) in [6, 6.07) is 6.74. The predicted molar refractivity (Wildman–Crippen MR) is 167 cm³/mol. The van der Waals surface area contributed by atoms with E-state index in [0.717, 1.165) is 21.2 Å². The van der Waals surface area contributed by atoms with Gasteiger partial charge in [0, 0.05) is 11.1 Å². The van der Waals surface area contributed by atoms with Gasteiger partial charge < -0.3 is 30.7 Å². The van der Waals surface area contributed by atoms with Crippen LogP contribution in [0.2, 0.25) is 0 Å². The number of ether oxygens (including phenoxy) is 1. The second-order valence-corrected chi connectivity index (χ2v) is 12.6. The van der Waals surface area contributed by atoms with Crippen LogP contribution in [-0.2, 0) is 9.59 Å². The lowest BCUT2D eigenvalue weighted by atomic mass is 9.92. The number of aliphatic hydroxyl groups excluding tert-OH is 3. The Kier molecular flexibility index (Phi) is 11.4. The summed E-state index contributed by atoms with van der Waals surface area (Å²) < 4.78 is 42.4. The Bertz CT molecular complexity index is 1460. The van der Waals surface area contributed by atoms with Crippen molar-refractivity contribution in [1.82, 2.24) is 10.6 Å². The molecule has 4 rings (SSSR count). The fourth-order valence-electron chi connectivity index (χ4n) is 4.99. The molecule has 0 aliphatic carbocycles. The molecule has 0 saturated heterocycles. The maximum Gasteiger partial charge on any atom is 0.422 e. The molecule has 0 bridgehead atoms. The van der Waals surface area contributed by atoms with Gasteiger partial charge in [-0.25, -0.2) is 0 Å². The third-order valence-electron chi connectivity index (χ3n) is 6.87. The van der Waals surface area contributed by atoms with Crippen LogP contribution in [0.5, 0.6) is 5.75 Å². The first kappa shape index (κ1) is 36.7. The van der Waals surface area contributed by atoms with Crippen LogP contribution in [-0.4, -0.2) is 57.6 Å². The summed E-state index contributed by atoms with van der Waals surface area (Å²) in [5.41, 5.74) is 3.33. The standard InChI is InChI=1S/C16H18F3NO3.C14H16BrNO2.C2H6O/c1-8-5-10(23-7-16(17,18)19)6-9(2)11(8)12-13(21)15(3,4)20-14(12)22;1-7-5-9(15)6-8(2)10(7)11-12(17)14(3,4)16-13(11)18;1-2-3/h5-6,21H,7H2,1-4H3,(H,20,22);5-6,17H,1-4H3,(H,16,18);3H,2H2,1H3. The van der Waals surface area contributed by atoms with Crippen molar-refractivity contribution >= 4 is 38.9 Å². The summed E-state index contributed by atoms with van der Waals surface area (Å²) in [5, 5.41) is 33.5. The quantitative estimate of drug-likeness (QED) is 0.245. The fourth-order valence-corrected chi connectivity index (χ4v) is 5.67. The van der Waals surface area contributed by atoms with Gasteiger partial charge in [-0.2, -0.15) is 13.2 Å². The second kappa shape index (κ2) is 13.6. The third-order valence-corrected chi connectivity index (χ3v) is 7.33. The molecule has 2 amide bonds. The molecule has 0 aromatic heterocycles. The lowest BCUT2D eigenvalue weighted by Gasteiger charge is -2.17. The van der Waals surface area contributed by atoms with Crippen molar-refractivity contribution in [3.63, 3.8) is 0 Å². The number of nitrogens with one attached hydrogen (secondary N) is 2. The van der Waals surface area contributed by atoms with Gasteiger partial charge in [-0.1, -0.05) is 15.9 Å². The van der Waals surface area contributed by atoms with E-state index in [2.05, 4.69) is 26.6 Å². The molecule has 2 heterocycles. The molecule has 2 aliphatic heterocycles. The van der Waals surface area contributed by atoms with E-state index in [9.17, 15) is 33.0 Å². The number of halogens is 4. The first-order chi connectivity index (χ1) is 20.1. The minimum absolute atomic E-state index is 0.0684. The van der Waals surface area contributed by atoms with Gasteiger partial charge >= 0.3 is 6.18 Å². The molecule has 44 heavy (non-hydrogen) atoms. The second-order valence-electron chi connectivity index (χ2n) is 11.7. The molecule has 0 fully saturated rings. The molecule has 0 saturated carbocycles. The number of alkyl halides is 3. The molecule has 2 aromatic rings. The number of rotatable bonds is 4. The first-order valence-electron chi connectivity index (χ1n) is 13.8. The van der Waals surface area contributed by atoms with E-state index in [1.807, 2.05) is 26.0 Å². The van der Waals surface area contributed by atoms with E-state index >= 15 is 0 Å².